The van der Waals surface area contributed by atoms with E-state index < -0.39 is 6.10 Å². The van der Waals surface area contributed by atoms with E-state index in [1.165, 1.54) is 16.2 Å². The quantitative estimate of drug-likeness (QED) is 0.571. The SMILES string of the molecule is O=C(NCc1ccc(Cl)cc1)NC[C@H](O)c1ccc(-c2cccs2)s1. The van der Waals surface area contributed by atoms with Crippen molar-refractivity contribution in [1.29, 1.82) is 0 Å². The van der Waals surface area contributed by atoms with Crippen LogP contribution in [0.3, 0.4) is 0 Å². The number of carbonyl (C=O) groups excluding carboxylic acids is 1. The smallest absolute Gasteiger partial charge is 0.315 e. The molecule has 3 aromatic rings. The molecule has 4 nitrogen and oxygen atoms in total. The first-order valence-electron chi connectivity index (χ1n) is 7.69. The summed E-state index contributed by atoms with van der Waals surface area (Å²) in [5.41, 5.74) is 0.957. The van der Waals surface area contributed by atoms with Gasteiger partial charge >= 0.3 is 6.03 Å². The summed E-state index contributed by atoms with van der Waals surface area (Å²) in [6.45, 7) is 0.567. The lowest BCUT2D eigenvalue weighted by Crippen LogP contribution is -2.37. The summed E-state index contributed by atoms with van der Waals surface area (Å²) in [5.74, 6) is 0. The topological polar surface area (TPSA) is 61.4 Å². The highest BCUT2D eigenvalue weighted by molar-refractivity contribution is 7.21. The number of amides is 2. The van der Waals surface area contributed by atoms with Gasteiger partial charge in [0.05, 0.1) is 6.54 Å². The van der Waals surface area contributed by atoms with Crippen molar-refractivity contribution in [1.82, 2.24) is 10.6 Å². The van der Waals surface area contributed by atoms with Crippen LogP contribution in [0.15, 0.2) is 53.9 Å². The third kappa shape index (κ3) is 5.06. The van der Waals surface area contributed by atoms with Crippen LogP contribution in [0.2, 0.25) is 5.02 Å². The third-order valence-electron chi connectivity index (χ3n) is 3.54. The molecule has 1 aromatic carbocycles. The fourth-order valence-corrected chi connectivity index (χ4v) is 4.17. The molecule has 2 amide bonds. The van der Waals surface area contributed by atoms with Crippen LogP contribution in [0.1, 0.15) is 16.5 Å². The van der Waals surface area contributed by atoms with Crippen LogP contribution in [-0.2, 0) is 6.54 Å². The predicted octanol–water partition coefficient (Wildman–Crippen LogP) is 4.66. The molecule has 0 aliphatic heterocycles. The van der Waals surface area contributed by atoms with E-state index in [9.17, 15) is 9.90 Å². The maximum Gasteiger partial charge on any atom is 0.315 e. The molecule has 0 saturated carbocycles. The second-order valence-electron chi connectivity index (χ2n) is 5.39. The molecule has 0 spiro atoms. The average Bonchev–Trinajstić information content (AvgIpc) is 3.30. The van der Waals surface area contributed by atoms with Crippen LogP contribution in [0.5, 0.6) is 0 Å². The molecule has 2 aromatic heterocycles. The number of hydrogen-bond acceptors (Lipinski definition) is 4. The Balaban J connectivity index is 1.46. The van der Waals surface area contributed by atoms with E-state index in [-0.39, 0.29) is 12.6 Å². The zero-order chi connectivity index (χ0) is 17.6. The number of carbonyl (C=O) groups is 1. The summed E-state index contributed by atoms with van der Waals surface area (Å²) in [4.78, 5) is 15.0. The highest BCUT2D eigenvalue weighted by Crippen LogP contribution is 2.33. The maximum atomic E-state index is 11.9. The van der Waals surface area contributed by atoms with Gasteiger partial charge in [-0.15, -0.1) is 22.7 Å². The number of urea groups is 1. The molecule has 0 fully saturated rings. The van der Waals surface area contributed by atoms with Crippen LogP contribution in [0.4, 0.5) is 4.79 Å². The first kappa shape index (κ1) is 17.9. The normalized spacial score (nSPS) is 11.9. The van der Waals surface area contributed by atoms with Gasteiger partial charge in [-0.3, -0.25) is 0 Å². The molecule has 0 unspecified atom stereocenters. The monoisotopic (exact) mass is 392 g/mol. The molecule has 25 heavy (non-hydrogen) atoms. The summed E-state index contributed by atoms with van der Waals surface area (Å²) in [6, 6.07) is 14.9. The van der Waals surface area contributed by atoms with E-state index >= 15 is 0 Å². The minimum Gasteiger partial charge on any atom is -0.386 e. The molecule has 0 radical (unpaired) electrons. The molecule has 0 saturated heterocycles. The zero-order valence-electron chi connectivity index (χ0n) is 13.2. The van der Waals surface area contributed by atoms with Gasteiger partial charge in [-0.05, 0) is 41.3 Å². The van der Waals surface area contributed by atoms with E-state index in [0.717, 1.165) is 15.3 Å². The average molecular weight is 393 g/mol. The van der Waals surface area contributed by atoms with Crippen LogP contribution >= 0.6 is 34.3 Å². The van der Waals surface area contributed by atoms with Crippen LogP contribution < -0.4 is 10.6 Å². The Labute approximate surface area is 159 Å². The van der Waals surface area contributed by atoms with E-state index in [1.807, 2.05) is 35.7 Å². The summed E-state index contributed by atoms with van der Waals surface area (Å²) in [7, 11) is 0. The molecule has 3 N–H and O–H groups in total. The summed E-state index contributed by atoms with van der Waals surface area (Å²) in [6.07, 6.45) is -0.722. The highest BCUT2D eigenvalue weighted by atomic mass is 35.5. The molecular formula is C18H17ClN2O2S2. The van der Waals surface area contributed by atoms with Gasteiger partial charge < -0.3 is 15.7 Å². The molecule has 0 bridgehead atoms. The Kier molecular flexibility index (Phi) is 6.09. The second kappa shape index (κ2) is 8.49. The second-order valence-corrected chi connectivity index (χ2v) is 7.88. The van der Waals surface area contributed by atoms with Crippen molar-refractivity contribution in [3.05, 3.63) is 69.4 Å². The van der Waals surface area contributed by atoms with Crippen molar-refractivity contribution in [2.75, 3.05) is 6.54 Å². The van der Waals surface area contributed by atoms with Crippen molar-refractivity contribution >= 4 is 40.3 Å². The molecule has 0 aliphatic rings. The standard InChI is InChI=1S/C18H17ClN2O2S2/c19-13-5-3-12(4-6-13)10-20-18(23)21-11-14(22)15-7-8-17(25-15)16-2-1-9-24-16/h1-9,14,22H,10-11H2,(H2,20,21,23)/t14-/m0/s1. The van der Waals surface area contributed by atoms with E-state index in [1.54, 1.807) is 23.5 Å². The van der Waals surface area contributed by atoms with E-state index in [2.05, 4.69) is 16.7 Å². The number of aliphatic hydroxyl groups excluding tert-OH is 1. The number of halogens is 1. The summed E-state index contributed by atoms with van der Waals surface area (Å²) >= 11 is 9.03. The lowest BCUT2D eigenvalue weighted by atomic mass is 10.2. The van der Waals surface area contributed by atoms with Crippen molar-refractivity contribution in [2.24, 2.45) is 0 Å². The molecule has 0 aliphatic carbocycles. The Morgan fingerprint density at radius 2 is 1.88 bits per heavy atom. The number of hydrogen-bond donors (Lipinski definition) is 3. The number of aliphatic hydroxyl groups is 1. The van der Waals surface area contributed by atoms with Crippen LogP contribution in [-0.4, -0.2) is 17.7 Å². The van der Waals surface area contributed by atoms with Gasteiger partial charge in [-0.2, -0.15) is 0 Å². The molecule has 3 rings (SSSR count). The molecular weight excluding hydrogens is 376 g/mol. The van der Waals surface area contributed by atoms with Crippen molar-refractivity contribution in [3.8, 4) is 9.75 Å². The fourth-order valence-electron chi connectivity index (χ4n) is 2.22. The van der Waals surface area contributed by atoms with Gasteiger partial charge in [0.2, 0.25) is 0 Å². The summed E-state index contributed by atoms with van der Waals surface area (Å²) < 4.78 is 0. The van der Waals surface area contributed by atoms with E-state index in [0.29, 0.717) is 11.6 Å². The Morgan fingerprint density at radius 1 is 1.08 bits per heavy atom. The van der Waals surface area contributed by atoms with Crippen molar-refractivity contribution < 1.29 is 9.90 Å². The summed E-state index contributed by atoms with van der Waals surface area (Å²) in [5, 5.41) is 18.4. The van der Waals surface area contributed by atoms with Gasteiger partial charge in [0.1, 0.15) is 6.10 Å². The third-order valence-corrected chi connectivity index (χ3v) is 6.05. The zero-order valence-corrected chi connectivity index (χ0v) is 15.6. The molecule has 2 heterocycles. The fraction of sp³-hybridized carbons (Fsp3) is 0.167. The number of thiophene rings is 2. The number of nitrogens with one attached hydrogen (secondary N) is 2. The Bertz CT molecular complexity index is 816. The van der Waals surface area contributed by atoms with Crippen molar-refractivity contribution in [3.63, 3.8) is 0 Å². The van der Waals surface area contributed by atoms with Crippen molar-refractivity contribution in [2.45, 2.75) is 12.6 Å². The molecule has 7 heteroatoms. The molecule has 1 atom stereocenters. The predicted molar refractivity (Wildman–Crippen MR) is 104 cm³/mol. The first-order valence-corrected chi connectivity index (χ1v) is 9.77. The van der Waals surface area contributed by atoms with Crippen LogP contribution in [0.25, 0.3) is 9.75 Å². The van der Waals surface area contributed by atoms with Crippen LogP contribution in [0, 0.1) is 0 Å². The van der Waals surface area contributed by atoms with Gasteiger partial charge in [0.25, 0.3) is 0 Å². The first-order chi connectivity index (χ1) is 12.1. The van der Waals surface area contributed by atoms with Gasteiger partial charge in [0, 0.05) is 26.2 Å². The largest absolute Gasteiger partial charge is 0.386 e. The van der Waals surface area contributed by atoms with Gasteiger partial charge in [-0.1, -0.05) is 29.8 Å². The Morgan fingerprint density at radius 3 is 2.60 bits per heavy atom. The minimum absolute atomic E-state index is 0.164. The minimum atomic E-state index is -0.722. The van der Waals surface area contributed by atoms with Gasteiger partial charge in [-0.25, -0.2) is 4.79 Å². The lowest BCUT2D eigenvalue weighted by Gasteiger charge is -2.11. The molecule has 130 valence electrons. The van der Waals surface area contributed by atoms with E-state index in [4.69, 9.17) is 11.6 Å². The highest BCUT2D eigenvalue weighted by Gasteiger charge is 2.13. The lowest BCUT2D eigenvalue weighted by molar-refractivity contribution is 0.176. The Hall–Kier alpha value is -1.86. The number of rotatable bonds is 6. The maximum absolute atomic E-state index is 11.9. The number of benzene rings is 1. The van der Waals surface area contributed by atoms with Gasteiger partial charge in [0.15, 0.2) is 0 Å².